The average Bonchev–Trinajstić information content (AvgIpc) is 2.82. The van der Waals surface area contributed by atoms with E-state index in [-0.39, 0.29) is 5.91 Å². The minimum absolute atomic E-state index is 0.126. The molecule has 8 nitrogen and oxygen atoms in total. The summed E-state index contributed by atoms with van der Waals surface area (Å²) in [6.45, 7) is 5.20. The van der Waals surface area contributed by atoms with Crippen LogP contribution in [0, 0.1) is 11.5 Å². The second-order valence-corrected chi connectivity index (χ2v) is 7.41. The molecular weight excluding hydrogens is 390 g/mol. The lowest BCUT2D eigenvalue weighted by molar-refractivity contribution is 0.0635. The van der Waals surface area contributed by atoms with Gasteiger partial charge >= 0.3 is 0 Å². The van der Waals surface area contributed by atoms with Crippen molar-refractivity contribution >= 4 is 17.6 Å². The quantitative estimate of drug-likeness (QED) is 0.295. The van der Waals surface area contributed by atoms with Crippen molar-refractivity contribution in [2.75, 3.05) is 44.6 Å². The molecule has 0 bridgehead atoms. The van der Waals surface area contributed by atoms with Gasteiger partial charge in [0.2, 0.25) is 12.2 Å². The molecule has 2 aromatic rings. The van der Waals surface area contributed by atoms with Gasteiger partial charge in [-0.2, -0.15) is 5.26 Å². The average molecular weight is 420 g/mol. The molecule has 2 heterocycles. The zero-order chi connectivity index (χ0) is 21.7. The SMILES string of the molecule is N#C/N=C(/NCCCCCN1CCN(C(=O)c2ccccc2)CC1)Nc1ccncc1. The minimum atomic E-state index is 0.126. The monoisotopic (exact) mass is 419 g/mol. The first-order valence-corrected chi connectivity index (χ1v) is 10.7. The van der Waals surface area contributed by atoms with Crippen LogP contribution in [0.4, 0.5) is 5.69 Å². The van der Waals surface area contributed by atoms with Gasteiger partial charge in [0.1, 0.15) is 0 Å². The first kappa shape index (κ1) is 22.2. The maximum Gasteiger partial charge on any atom is 0.253 e. The van der Waals surface area contributed by atoms with Crippen molar-refractivity contribution in [3.05, 3.63) is 60.4 Å². The predicted molar refractivity (Wildman–Crippen MR) is 122 cm³/mol. The summed E-state index contributed by atoms with van der Waals surface area (Å²) < 4.78 is 0. The first-order chi connectivity index (χ1) is 15.3. The number of piperazine rings is 1. The van der Waals surface area contributed by atoms with Crippen molar-refractivity contribution in [3.8, 4) is 6.19 Å². The van der Waals surface area contributed by atoms with Crippen LogP contribution < -0.4 is 10.6 Å². The molecule has 1 amide bonds. The van der Waals surface area contributed by atoms with Crippen LogP contribution in [0.25, 0.3) is 0 Å². The number of nitrogens with one attached hydrogen (secondary N) is 2. The standard InChI is InChI=1S/C23H29N7O/c24-19-27-23(28-21-9-12-25-13-10-21)26-11-5-2-6-14-29-15-17-30(18-16-29)22(31)20-7-3-1-4-8-20/h1,3-4,7-10,12-13H,2,5-6,11,14-18H2,(H2,25,26,27,28). The van der Waals surface area contributed by atoms with E-state index >= 15 is 0 Å². The zero-order valence-electron chi connectivity index (χ0n) is 17.7. The maximum atomic E-state index is 12.5. The van der Waals surface area contributed by atoms with Crippen molar-refractivity contribution < 1.29 is 4.79 Å². The van der Waals surface area contributed by atoms with Gasteiger partial charge in [-0.25, -0.2) is 0 Å². The van der Waals surface area contributed by atoms with E-state index in [1.54, 1.807) is 12.4 Å². The Morgan fingerprint density at radius 1 is 1.03 bits per heavy atom. The van der Waals surface area contributed by atoms with Crippen molar-refractivity contribution in [2.45, 2.75) is 19.3 Å². The van der Waals surface area contributed by atoms with E-state index in [2.05, 4.69) is 25.5 Å². The Kier molecular flexibility index (Phi) is 8.83. The summed E-state index contributed by atoms with van der Waals surface area (Å²) in [5, 5.41) is 15.1. The van der Waals surface area contributed by atoms with Gasteiger partial charge in [0.05, 0.1) is 0 Å². The molecular formula is C23H29N7O. The molecule has 8 heteroatoms. The zero-order valence-corrected chi connectivity index (χ0v) is 17.7. The summed E-state index contributed by atoms with van der Waals surface area (Å²) in [7, 11) is 0. The van der Waals surface area contributed by atoms with E-state index in [4.69, 9.17) is 5.26 Å². The highest BCUT2D eigenvalue weighted by Gasteiger charge is 2.21. The number of carbonyl (C=O) groups is 1. The third-order valence-electron chi connectivity index (χ3n) is 5.23. The van der Waals surface area contributed by atoms with Gasteiger partial charge in [0, 0.05) is 56.4 Å². The molecule has 0 spiro atoms. The number of hydrogen-bond acceptors (Lipinski definition) is 5. The number of pyridine rings is 1. The number of hydrogen-bond donors (Lipinski definition) is 2. The van der Waals surface area contributed by atoms with Gasteiger partial charge < -0.3 is 15.5 Å². The molecule has 1 aliphatic heterocycles. The van der Waals surface area contributed by atoms with E-state index in [0.717, 1.165) is 69.8 Å². The van der Waals surface area contributed by atoms with Gasteiger partial charge in [0.25, 0.3) is 5.91 Å². The van der Waals surface area contributed by atoms with Crippen molar-refractivity contribution in [1.29, 1.82) is 5.26 Å². The van der Waals surface area contributed by atoms with Crippen LogP contribution in [-0.2, 0) is 0 Å². The summed E-state index contributed by atoms with van der Waals surface area (Å²) in [5.74, 6) is 0.578. The van der Waals surface area contributed by atoms with Crippen LogP contribution in [-0.4, -0.2) is 65.9 Å². The first-order valence-electron chi connectivity index (χ1n) is 10.7. The van der Waals surface area contributed by atoms with Crippen LogP contribution >= 0.6 is 0 Å². The minimum Gasteiger partial charge on any atom is -0.355 e. The number of aromatic nitrogens is 1. The second kappa shape index (κ2) is 12.3. The fourth-order valence-corrected chi connectivity index (χ4v) is 3.52. The van der Waals surface area contributed by atoms with Gasteiger partial charge in [-0.1, -0.05) is 24.6 Å². The normalized spacial score (nSPS) is 14.7. The number of nitrogens with zero attached hydrogens (tertiary/aromatic N) is 5. The lowest BCUT2D eigenvalue weighted by atomic mass is 10.1. The Labute approximate surface area is 183 Å². The van der Waals surface area contributed by atoms with E-state index in [0.29, 0.717) is 5.96 Å². The Balaban J connectivity index is 1.28. The molecule has 0 saturated carbocycles. The molecule has 0 radical (unpaired) electrons. The highest BCUT2D eigenvalue weighted by Crippen LogP contribution is 2.10. The highest BCUT2D eigenvalue weighted by atomic mass is 16.2. The number of benzene rings is 1. The largest absolute Gasteiger partial charge is 0.355 e. The molecule has 1 aromatic carbocycles. The topological polar surface area (TPSA) is 96.7 Å². The predicted octanol–water partition coefficient (Wildman–Crippen LogP) is 2.55. The molecule has 0 unspecified atom stereocenters. The van der Waals surface area contributed by atoms with E-state index < -0.39 is 0 Å². The van der Waals surface area contributed by atoms with E-state index in [1.165, 1.54) is 0 Å². The maximum absolute atomic E-state index is 12.5. The molecule has 31 heavy (non-hydrogen) atoms. The van der Waals surface area contributed by atoms with Crippen molar-refractivity contribution in [1.82, 2.24) is 20.1 Å². The molecule has 0 atom stereocenters. The van der Waals surface area contributed by atoms with Gasteiger partial charge in [0.15, 0.2) is 0 Å². The Morgan fingerprint density at radius 3 is 2.48 bits per heavy atom. The third kappa shape index (κ3) is 7.39. The molecule has 1 aliphatic rings. The van der Waals surface area contributed by atoms with Crippen LogP contribution in [0.3, 0.4) is 0 Å². The summed E-state index contributed by atoms with van der Waals surface area (Å²) in [4.78, 5) is 24.7. The lowest BCUT2D eigenvalue weighted by Gasteiger charge is -2.34. The van der Waals surface area contributed by atoms with Crippen LogP contribution in [0.2, 0.25) is 0 Å². The van der Waals surface area contributed by atoms with Crippen molar-refractivity contribution in [3.63, 3.8) is 0 Å². The number of carbonyl (C=O) groups excluding carboxylic acids is 1. The molecule has 0 aliphatic carbocycles. The second-order valence-electron chi connectivity index (χ2n) is 7.41. The van der Waals surface area contributed by atoms with Crippen molar-refractivity contribution in [2.24, 2.45) is 4.99 Å². The number of unbranched alkanes of at least 4 members (excludes halogenated alkanes) is 2. The van der Waals surface area contributed by atoms with Gasteiger partial charge in [-0.05, 0) is 43.7 Å². The molecule has 162 valence electrons. The van der Waals surface area contributed by atoms with E-state index in [9.17, 15) is 4.79 Å². The summed E-state index contributed by atoms with van der Waals surface area (Å²) in [6, 6.07) is 13.1. The van der Waals surface area contributed by atoms with E-state index in [1.807, 2.05) is 53.6 Å². The molecule has 1 saturated heterocycles. The number of amides is 1. The van der Waals surface area contributed by atoms with Crippen LogP contribution in [0.1, 0.15) is 29.6 Å². The van der Waals surface area contributed by atoms with Crippen LogP contribution in [0.15, 0.2) is 59.9 Å². The number of aliphatic imine (C=N–C) groups is 1. The Hall–Kier alpha value is -3.44. The number of guanidine groups is 1. The Bertz CT molecular complexity index is 872. The van der Waals surface area contributed by atoms with Crippen LogP contribution in [0.5, 0.6) is 0 Å². The molecule has 1 fully saturated rings. The molecule has 3 rings (SSSR count). The van der Waals surface area contributed by atoms with Gasteiger partial charge in [-0.3, -0.25) is 14.7 Å². The number of rotatable bonds is 8. The highest BCUT2D eigenvalue weighted by molar-refractivity contribution is 5.94. The summed E-state index contributed by atoms with van der Waals surface area (Å²) in [5.41, 5.74) is 1.60. The number of nitriles is 1. The summed E-state index contributed by atoms with van der Waals surface area (Å²) in [6.07, 6.45) is 8.38. The number of anilines is 1. The van der Waals surface area contributed by atoms with Gasteiger partial charge in [-0.15, -0.1) is 4.99 Å². The smallest absolute Gasteiger partial charge is 0.253 e. The molecule has 1 aromatic heterocycles. The Morgan fingerprint density at radius 2 is 1.77 bits per heavy atom. The fraction of sp³-hybridized carbons (Fsp3) is 0.391. The molecule has 2 N–H and O–H groups in total. The lowest BCUT2D eigenvalue weighted by Crippen LogP contribution is -2.48. The fourth-order valence-electron chi connectivity index (χ4n) is 3.52. The summed E-state index contributed by atoms with van der Waals surface area (Å²) >= 11 is 0. The third-order valence-corrected chi connectivity index (χ3v) is 5.23.